The Morgan fingerprint density at radius 3 is 2.65 bits per heavy atom. The first-order chi connectivity index (χ1) is 22.0. The van der Waals surface area contributed by atoms with E-state index in [1.807, 2.05) is 0 Å². The third-order valence-corrected chi connectivity index (χ3v) is 8.47. The molecule has 46 heavy (non-hydrogen) atoms. The number of benzene rings is 2. The highest BCUT2D eigenvalue weighted by atomic mass is 19.4. The second kappa shape index (κ2) is 12.5. The number of fused-ring (bicyclic) bond motifs is 1. The van der Waals surface area contributed by atoms with E-state index < -0.39 is 17.6 Å². The molecule has 2 aliphatic heterocycles. The molecule has 0 unspecified atom stereocenters. The molecule has 1 amide bonds. The van der Waals surface area contributed by atoms with Crippen LogP contribution in [0.15, 0.2) is 48.8 Å². The molecule has 2 N–H and O–H groups in total. The first kappa shape index (κ1) is 31.2. The molecule has 0 saturated carbocycles. The normalized spacial score (nSPS) is 16.8. The molecule has 6 rings (SSSR count). The number of hydrogen-bond donors (Lipinski definition) is 2. The standard InChI is InChI=1S/C33H33F3N8O2/c1-20-4-3-8-43(16-20)17-22-11-26-27(28(12-22)33(34,35)36)18-44(32(26)46)30-14-23(13-29(40-30)38-7-9-45)24-6-5-21(15-37)10-25(24)31-41-39-19-42(31)2/h5-6,10-14,19-20,45H,3-4,7-9,16-18H2,1-2H3,(H,38,40)/t20-/m0/s1. The van der Waals surface area contributed by atoms with Gasteiger partial charge in [0.05, 0.1) is 30.3 Å². The summed E-state index contributed by atoms with van der Waals surface area (Å²) in [6.45, 7) is 3.73. The summed E-state index contributed by atoms with van der Waals surface area (Å²) in [5.41, 5.74) is 1.79. The summed E-state index contributed by atoms with van der Waals surface area (Å²) in [5, 5.41) is 30.2. The fourth-order valence-electron chi connectivity index (χ4n) is 6.35. The number of carbonyl (C=O) groups excluding carboxylic acids is 1. The van der Waals surface area contributed by atoms with Gasteiger partial charge in [-0.3, -0.25) is 14.6 Å². The van der Waals surface area contributed by atoms with Crippen LogP contribution in [0.25, 0.3) is 22.5 Å². The Hall–Kier alpha value is -4.80. The van der Waals surface area contributed by atoms with E-state index in [1.54, 1.807) is 48.0 Å². The third-order valence-electron chi connectivity index (χ3n) is 8.47. The predicted octanol–water partition coefficient (Wildman–Crippen LogP) is 5.23. The molecular formula is C33H33F3N8O2. The van der Waals surface area contributed by atoms with Crippen LogP contribution >= 0.6 is 0 Å². The van der Waals surface area contributed by atoms with Gasteiger partial charge >= 0.3 is 6.18 Å². The van der Waals surface area contributed by atoms with Gasteiger partial charge in [-0.2, -0.15) is 18.4 Å². The van der Waals surface area contributed by atoms with Crippen molar-refractivity contribution in [1.82, 2.24) is 24.6 Å². The predicted molar refractivity (Wildman–Crippen MR) is 166 cm³/mol. The maximum absolute atomic E-state index is 14.5. The van der Waals surface area contributed by atoms with Crippen molar-refractivity contribution in [2.24, 2.45) is 13.0 Å². The lowest BCUT2D eigenvalue weighted by atomic mass is 9.96. The minimum absolute atomic E-state index is 0.0186. The second-order valence-corrected chi connectivity index (χ2v) is 11.9. The Balaban J connectivity index is 1.43. The molecule has 1 saturated heterocycles. The molecule has 2 aromatic heterocycles. The number of alkyl halides is 3. The van der Waals surface area contributed by atoms with Crippen molar-refractivity contribution in [2.45, 2.75) is 39.0 Å². The molecular weight excluding hydrogens is 597 g/mol. The zero-order valence-corrected chi connectivity index (χ0v) is 25.5. The molecule has 1 fully saturated rings. The zero-order chi connectivity index (χ0) is 32.6. The summed E-state index contributed by atoms with van der Waals surface area (Å²) in [6.07, 6.45) is -1.05. The molecule has 2 aromatic carbocycles. The largest absolute Gasteiger partial charge is 0.416 e. The number of piperidine rings is 1. The highest BCUT2D eigenvalue weighted by molar-refractivity contribution is 6.10. The van der Waals surface area contributed by atoms with Gasteiger partial charge in [0.15, 0.2) is 5.82 Å². The number of hydrogen-bond acceptors (Lipinski definition) is 8. The third kappa shape index (κ3) is 6.18. The lowest BCUT2D eigenvalue weighted by molar-refractivity contribution is -0.138. The molecule has 4 aromatic rings. The highest BCUT2D eigenvalue weighted by Gasteiger charge is 2.41. The second-order valence-electron chi connectivity index (χ2n) is 11.9. The van der Waals surface area contributed by atoms with Crippen molar-refractivity contribution < 1.29 is 23.1 Å². The topological polar surface area (TPSA) is 123 Å². The fraction of sp³-hybridized carbons (Fsp3) is 0.364. The van der Waals surface area contributed by atoms with Crippen LogP contribution < -0.4 is 10.2 Å². The van der Waals surface area contributed by atoms with Gasteiger partial charge in [0.1, 0.15) is 18.0 Å². The summed E-state index contributed by atoms with van der Waals surface area (Å²) in [5.74, 6) is 0.840. The van der Waals surface area contributed by atoms with Gasteiger partial charge in [-0.1, -0.05) is 13.0 Å². The van der Waals surface area contributed by atoms with E-state index in [-0.39, 0.29) is 36.6 Å². The number of amides is 1. The van der Waals surface area contributed by atoms with Gasteiger partial charge < -0.3 is 15.0 Å². The lowest BCUT2D eigenvalue weighted by Gasteiger charge is -2.31. The number of halogens is 3. The Bertz CT molecular complexity index is 1830. The summed E-state index contributed by atoms with van der Waals surface area (Å²) in [4.78, 5) is 21.9. The SMILES string of the molecule is C[C@H]1CCCN(Cc2cc3c(c(C(F)(F)F)c2)CN(c2cc(-c4ccc(C#N)cc4-c4nncn4C)cc(NCCO)n2)C3=O)C1. The van der Waals surface area contributed by atoms with E-state index in [9.17, 15) is 28.3 Å². The first-order valence-corrected chi connectivity index (χ1v) is 15.1. The van der Waals surface area contributed by atoms with Crippen LogP contribution in [0.5, 0.6) is 0 Å². The Labute approximate surface area is 264 Å². The van der Waals surface area contributed by atoms with Crippen LogP contribution in [-0.2, 0) is 26.3 Å². The number of aromatic nitrogens is 4. The van der Waals surface area contributed by atoms with Crippen LogP contribution in [0, 0.1) is 17.2 Å². The van der Waals surface area contributed by atoms with Gasteiger partial charge in [-0.05, 0) is 84.0 Å². The summed E-state index contributed by atoms with van der Waals surface area (Å²) < 4.78 is 45.1. The quantitative estimate of drug-likeness (QED) is 0.271. The maximum atomic E-state index is 14.5. The minimum atomic E-state index is -4.65. The van der Waals surface area contributed by atoms with Crippen molar-refractivity contribution in [2.75, 3.05) is 36.5 Å². The highest BCUT2D eigenvalue weighted by Crippen LogP contribution is 2.41. The fourth-order valence-corrected chi connectivity index (χ4v) is 6.35. The van der Waals surface area contributed by atoms with Gasteiger partial charge in [-0.25, -0.2) is 4.98 Å². The Morgan fingerprint density at radius 2 is 1.96 bits per heavy atom. The summed E-state index contributed by atoms with van der Waals surface area (Å²) in [7, 11) is 1.77. The number of nitrogens with zero attached hydrogens (tertiary/aromatic N) is 7. The molecule has 0 aliphatic carbocycles. The lowest BCUT2D eigenvalue weighted by Crippen LogP contribution is -2.33. The van der Waals surface area contributed by atoms with Crippen molar-refractivity contribution in [1.29, 1.82) is 5.26 Å². The first-order valence-electron chi connectivity index (χ1n) is 15.1. The van der Waals surface area contributed by atoms with Crippen molar-refractivity contribution >= 4 is 17.5 Å². The molecule has 10 nitrogen and oxygen atoms in total. The number of pyridine rings is 1. The van der Waals surface area contributed by atoms with Gasteiger partial charge in [0.25, 0.3) is 5.91 Å². The molecule has 13 heteroatoms. The number of anilines is 2. The summed E-state index contributed by atoms with van der Waals surface area (Å²) in [6, 6.07) is 13.3. The van der Waals surface area contributed by atoms with E-state index in [0.29, 0.717) is 51.9 Å². The van der Waals surface area contributed by atoms with Crippen LogP contribution in [0.4, 0.5) is 24.8 Å². The number of nitrogens with one attached hydrogen (secondary N) is 1. The van der Waals surface area contributed by atoms with Gasteiger partial charge in [0.2, 0.25) is 0 Å². The Kier molecular flexibility index (Phi) is 8.50. The molecule has 238 valence electrons. The zero-order valence-electron chi connectivity index (χ0n) is 25.5. The number of carbonyl (C=O) groups is 1. The number of aryl methyl sites for hydroxylation is 1. The van der Waals surface area contributed by atoms with Gasteiger partial charge in [-0.15, -0.1) is 10.2 Å². The van der Waals surface area contributed by atoms with E-state index in [0.717, 1.165) is 25.9 Å². The molecule has 1 atom stereocenters. The van der Waals surface area contributed by atoms with Crippen LogP contribution in [0.1, 0.15) is 52.4 Å². The number of aliphatic hydroxyl groups is 1. The smallest absolute Gasteiger partial charge is 0.395 e. The van der Waals surface area contributed by atoms with E-state index in [4.69, 9.17) is 0 Å². The molecule has 0 radical (unpaired) electrons. The average molecular weight is 631 g/mol. The van der Waals surface area contributed by atoms with E-state index >= 15 is 0 Å². The number of aliphatic hydroxyl groups excluding tert-OH is 1. The van der Waals surface area contributed by atoms with Crippen LogP contribution in [-0.4, -0.2) is 61.9 Å². The molecule has 0 bridgehead atoms. The van der Waals surface area contributed by atoms with E-state index in [1.165, 1.54) is 17.3 Å². The van der Waals surface area contributed by atoms with Crippen molar-refractivity contribution in [3.05, 3.63) is 76.6 Å². The Morgan fingerprint density at radius 1 is 1.13 bits per heavy atom. The number of nitriles is 1. The van der Waals surface area contributed by atoms with Crippen LogP contribution in [0.2, 0.25) is 0 Å². The molecule has 4 heterocycles. The number of likely N-dealkylation sites (tertiary alicyclic amines) is 1. The minimum Gasteiger partial charge on any atom is -0.395 e. The molecule has 2 aliphatic rings. The van der Waals surface area contributed by atoms with Crippen molar-refractivity contribution in [3.63, 3.8) is 0 Å². The van der Waals surface area contributed by atoms with E-state index in [2.05, 4.69) is 38.4 Å². The summed E-state index contributed by atoms with van der Waals surface area (Å²) >= 11 is 0. The van der Waals surface area contributed by atoms with Gasteiger partial charge in [0, 0.05) is 37.8 Å². The maximum Gasteiger partial charge on any atom is 0.416 e. The number of rotatable bonds is 8. The molecule has 0 spiro atoms. The van der Waals surface area contributed by atoms with Crippen LogP contribution in [0.3, 0.4) is 0 Å². The van der Waals surface area contributed by atoms with Crippen molar-refractivity contribution in [3.8, 4) is 28.6 Å². The average Bonchev–Trinajstić information content (AvgIpc) is 3.61. The monoisotopic (exact) mass is 630 g/mol.